The molecule has 2 atom stereocenters. The lowest BCUT2D eigenvalue weighted by atomic mass is 9.94. The molecule has 4 aromatic rings. The highest BCUT2D eigenvalue weighted by atomic mass is 19.1. The van der Waals surface area contributed by atoms with Gasteiger partial charge in [0.25, 0.3) is 6.47 Å². The molecule has 4 aliphatic heterocycles. The summed E-state index contributed by atoms with van der Waals surface area (Å²) in [6.45, 7) is 6.32. The smallest absolute Gasteiger partial charge is 0.319 e. The van der Waals surface area contributed by atoms with Crippen LogP contribution >= 0.6 is 0 Å². The van der Waals surface area contributed by atoms with Crippen molar-refractivity contribution in [3.63, 3.8) is 0 Å². The summed E-state index contributed by atoms with van der Waals surface area (Å²) >= 11 is 0. The van der Waals surface area contributed by atoms with Crippen molar-refractivity contribution in [2.45, 2.75) is 69.5 Å². The minimum absolute atomic E-state index is 0.000416. The van der Waals surface area contributed by atoms with Crippen LogP contribution in [-0.2, 0) is 11.2 Å². The fraction of sp³-hybridized carbons (Fsp3) is 0.486. The van der Waals surface area contributed by atoms with Crippen LogP contribution in [0.25, 0.3) is 32.9 Å². The first kappa shape index (κ1) is 29.4. The third-order valence-corrected chi connectivity index (χ3v) is 11.0. The molecule has 4 fully saturated rings. The van der Waals surface area contributed by atoms with Crippen LogP contribution in [0.5, 0.6) is 11.8 Å². The van der Waals surface area contributed by atoms with Gasteiger partial charge in [0.05, 0.1) is 10.9 Å². The molecule has 0 saturated carbocycles. The highest BCUT2D eigenvalue weighted by Crippen LogP contribution is 2.42. The molecule has 8 rings (SSSR count). The van der Waals surface area contributed by atoms with Crippen LogP contribution in [0.2, 0.25) is 0 Å². The number of benzene rings is 2. The van der Waals surface area contributed by atoms with E-state index in [9.17, 15) is 4.79 Å². The number of ether oxygens (including phenoxy) is 2. The number of fused-ring (bicyclic) bond motifs is 5. The van der Waals surface area contributed by atoms with Crippen LogP contribution < -0.4 is 14.4 Å². The number of rotatable bonds is 8. The monoisotopic (exact) mass is 628 g/mol. The Bertz CT molecular complexity index is 1830. The van der Waals surface area contributed by atoms with E-state index in [0.717, 1.165) is 64.7 Å². The Morgan fingerprint density at radius 1 is 1.07 bits per heavy atom. The second-order valence-electron chi connectivity index (χ2n) is 13.3. The first-order valence-electron chi connectivity index (χ1n) is 16.5. The van der Waals surface area contributed by atoms with E-state index in [1.54, 1.807) is 18.3 Å². The minimum atomic E-state index is -0.652. The Morgan fingerprint density at radius 3 is 2.54 bits per heavy atom. The molecule has 2 bridgehead atoms. The van der Waals surface area contributed by atoms with Gasteiger partial charge in [-0.15, -0.1) is 0 Å². The van der Waals surface area contributed by atoms with Crippen LogP contribution in [0.4, 0.5) is 14.6 Å². The summed E-state index contributed by atoms with van der Waals surface area (Å²) in [7, 11) is 2.17. The minimum Gasteiger partial charge on any atom is -0.461 e. The summed E-state index contributed by atoms with van der Waals surface area (Å²) in [5.74, 6) is -0.206. The molecule has 4 aliphatic rings. The molecule has 0 unspecified atom stereocenters. The van der Waals surface area contributed by atoms with Gasteiger partial charge >= 0.3 is 6.01 Å². The van der Waals surface area contributed by atoms with Crippen molar-refractivity contribution in [2.75, 3.05) is 44.7 Å². The van der Waals surface area contributed by atoms with Gasteiger partial charge in [-0.25, -0.2) is 8.78 Å². The first-order valence-corrected chi connectivity index (χ1v) is 16.5. The number of carbonyl (C=O) groups excluding carboxylic acids is 1. The standard InChI is InChI=1S/C35H38F2N6O3/c1-3-25-28(36)9-6-21-14-24(46-20-44)15-26(29(21)25)31-30(37)32-27(16-38-31)33(42-17-22-7-8-23(18-42)41(22)2)40-34(39-32)45-19-35-10-4-12-43(35)13-5-11-35/h6,9,14-16,20,22-23H,3-5,7-8,10-13,17-19H2,1-2H3/t22-,23+. The van der Waals surface area contributed by atoms with Crippen molar-refractivity contribution >= 4 is 34.0 Å². The van der Waals surface area contributed by atoms with Gasteiger partial charge < -0.3 is 14.4 Å². The molecule has 11 heteroatoms. The van der Waals surface area contributed by atoms with E-state index < -0.39 is 11.6 Å². The summed E-state index contributed by atoms with van der Waals surface area (Å²) in [6, 6.07) is 7.11. The van der Waals surface area contributed by atoms with Crippen LogP contribution in [0.3, 0.4) is 0 Å². The van der Waals surface area contributed by atoms with Gasteiger partial charge in [-0.2, -0.15) is 9.97 Å². The van der Waals surface area contributed by atoms with Crippen molar-refractivity contribution in [3.05, 3.63) is 47.7 Å². The van der Waals surface area contributed by atoms with E-state index in [1.165, 1.54) is 12.1 Å². The zero-order valence-corrected chi connectivity index (χ0v) is 26.3. The summed E-state index contributed by atoms with van der Waals surface area (Å²) in [4.78, 5) is 32.7. The molecule has 240 valence electrons. The van der Waals surface area contributed by atoms with E-state index in [-0.39, 0.29) is 28.5 Å². The molecule has 0 amide bonds. The number of anilines is 1. The maximum atomic E-state index is 17.0. The zero-order chi connectivity index (χ0) is 31.6. The predicted molar refractivity (Wildman–Crippen MR) is 171 cm³/mol. The van der Waals surface area contributed by atoms with Gasteiger partial charge in [0, 0.05) is 36.9 Å². The Labute approximate surface area is 266 Å². The molecular weight excluding hydrogens is 590 g/mol. The number of hydrogen-bond donors (Lipinski definition) is 0. The molecule has 0 radical (unpaired) electrons. The van der Waals surface area contributed by atoms with Crippen molar-refractivity contribution < 1.29 is 23.0 Å². The van der Waals surface area contributed by atoms with Crippen LogP contribution in [-0.4, -0.2) is 88.7 Å². The Morgan fingerprint density at radius 2 is 1.83 bits per heavy atom. The zero-order valence-electron chi connectivity index (χ0n) is 26.3. The van der Waals surface area contributed by atoms with Crippen LogP contribution in [0.1, 0.15) is 51.0 Å². The lowest BCUT2D eigenvalue weighted by molar-refractivity contribution is -0.120. The van der Waals surface area contributed by atoms with Crippen LogP contribution in [0, 0.1) is 11.6 Å². The van der Waals surface area contributed by atoms with E-state index in [2.05, 4.69) is 26.7 Å². The number of nitrogens with zero attached hydrogens (tertiary/aromatic N) is 6. The lowest BCUT2D eigenvalue weighted by Crippen LogP contribution is -2.52. The number of aromatic nitrogens is 3. The van der Waals surface area contributed by atoms with Gasteiger partial charge in [-0.1, -0.05) is 13.0 Å². The molecular formula is C35H38F2N6O3. The number of hydrogen-bond acceptors (Lipinski definition) is 9. The summed E-state index contributed by atoms with van der Waals surface area (Å²) in [6.07, 6.45) is 8.65. The molecule has 9 nitrogen and oxygen atoms in total. The quantitative estimate of drug-likeness (QED) is 0.235. The molecule has 2 aromatic heterocycles. The van der Waals surface area contributed by atoms with Crippen molar-refractivity contribution in [1.82, 2.24) is 24.8 Å². The van der Waals surface area contributed by atoms with E-state index in [1.807, 2.05) is 6.92 Å². The number of likely N-dealkylation sites (N-methyl/N-ethyl adjacent to an activating group) is 1. The van der Waals surface area contributed by atoms with Crippen LogP contribution in [0.15, 0.2) is 30.5 Å². The molecule has 4 saturated heterocycles. The highest BCUT2D eigenvalue weighted by molar-refractivity contribution is 6.02. The van der Waals surface area contributed by atoms with Crippen molar-refractivity contribution in [2.24, 2.45) is 0 Å². The normalized spacial score (nSPS) is 22.6. The van der Waals surface area contributed by atoms with E-state index in [4.69, 9.17) is 19.4 Å². The summed E-state index contributed by atoms with van der Waals surface area (Å²) < 4.78 is 43.7. The molecule has 0 N–H and O–H groups in total. The molecule has 6 heterocycles. The van der Waals surface area contributed by atoms with Gasteiger partial charge in [0.1, 0.15) is 35.2 Å². The average molecular weight is 629 g/mol. The number of halogens is 2. The number of pyridine rings is 1. The van der Waals surface area contributed by atoms with Gasteiger partial charge in [0.2, 0.25) is 0 Å². The maximum Gasteiger partial charge on any atom is 0.319 e. The first-order chi connectivity index (χ1) is 22.4. The van der Waals surface area contributed by atoms with E-state index >= 15 is 8.78 Å². The summed E-state index contributed by atoms with van der Waals surface area (Å²) in [5.41, 5.74) is 0.846. The fourth-order valence-corrected chi connectivity index (χ4v) is 8.61. The topological polar surface area (TPSA) is 83.9 Å². The third-order valence-electron chi connectivity index (χ3n) is 11.0. The molecule has 46 heavy (non-hydrogen) atoms. The Kier molecular flexibility index (Phi) is 7.28. The highest BCUT2D eigenvalue weighted by Gasteiger charge is 2.45. The summed E-state index contributed by atoms with van der Waals surface area (Å²) in [5, 5.41) is 1.64. The van der Waals surface area contributed by atoms with E-state index in [0.29, 0.717) is 64.7 Å². The Balaban J connectivity index is 1.29. The SMILES string of the molecule is CCc1c(F)ccc2cc(OC=O)cc(-c3ncc4c(N5C[C@H]6CC[C@@H](C5)N6C)nc(OCC56CCCN5CCC6)nc4c3F)c12. The third kappa shape index (κ3) is 4.69. The largest absolute Gasteiger partial charge is 0.461 e. The molecule has 0 aliphatic carbocycles. The second kappa shape index (κ2) is 11.4. The Hall–Kier alpha value is -3.96. The number of piperazine rings is 1. The van der Waals surface area contributed by atoms with Crippen molar-refractivity contribution in [1.29, 1.82) is 0 Å². The number of aryl methyl sites for hydroxylation is 1. The van der Waals surface area contributed by atoms with Crippen molar-refractivity contribution in [3.8, 4) is 23.0 Å². The maximum absolute atomic E-state index is 17.0. The fourth-order valence-electron chi connectivity index (χ4n) is 8.61. The van der Waals surface area contributed by atoms with Gasteiger partial charge in [-0.05, 0) is 99.6 Å². The average Bonchev–Trinajstić information content (AvgIpc) is 3.69. The molecule has 2 aromatic carbocycles. The lowest BCUT2D eigenvalue weighted by Gasteiger charge is -2.39. The predicted octanol–water partition coefficient (Wildman–Crippen LogP) is 5.51. The number of carbonyl (C=O) groups is 1. The van der Waals surface area contributed by atoms with Gasteiger partial charge in [0.15, 0.2) is 5.82 Å². The molecule has 0 spiro atoms. The second-order valence-corrected chi connectivity index (χ2v) is 13.3. The van der Waals surface area contributed by atoms with Gasteiger partial charge in [-0.3, -0.25) is 19.6 Å².